The van der Waals surface area contributed by atoms with E-state index in [1.54, 1.807) is 0 Å². The molecule has 0 aliphatic rings. The van der Waals surface area contributed by atoms with Crippen molar-refractivity contribution in [3.05, 3.63) is 0 Å². The zero-order chi connectivity index (χ0) is 2.71. The summed E-state index contributed by atoms with van der Waals surface area (Å²) < 4.78 is 17.0. The summed E-state index contributed by atoms with van der Waals surface area (Å²) in [6.45, 7) is 0. The molecule has 0 bridgehead atoms. The quantitative estimate of drug-likeness (QED) is 0.547. The third kappa shape index (κ3) is 24100. The van der Waals surface area contributed by atoms with Crippen LogP contribution in [-0.2, 0) is 24.6 Å². The first-order valence-electron chi connectivity index (χ1n) is 0.309. The van der Waals surface area contributed by atoms with Gasteiger partial charge < -0.3 is 0 Å². The van der Waals surface area contributed by atoms with E-state index in [-0.39, 0.29) is 14.1 Å². The molecule has 6 heavy (non-hydrogen) atoms. The van der Waals surface area contributed by atoms with E-state index >= 15 is 0 Å². The van der Waals surface area contributed by atoms with Crippen molar-refractivity contribution in [1.29, 1.82) is 0 Å². The first kappa shape index (κ1) is 36.9. The topological polar surface area (TPSA) is 34.1 Å². The van der Waals surface area contributed by atoms with Crippen LogP contribution in [0.1, 0.15) is 0 Å². The van der Waals surface area contributed by atoms with Gasteiger partial charge in [-0.1, -0.05) is 0 Å². The monoisotopic (exact) mass is 189 g/mol. The molecule has 0 rings (SSSR count). The summed E-state index contributed by atoms with van der Waals surface area (Å²) >= 11 is -1.91. The van der Waals surface area contributed by atoms with Crippen LogP contribution in [0, 0.1) is 0 Å². The van der Waals surface area contributed by atoms with Gasteiger partial charge in [-0.15, -0.1) is 0 Å². The zero-order valence-electron chi connectivity index (χ0n) is 2.42. The van der Waals surface area contributed by atoms with E-state index in [0.717, 1.165) is 0 Å². The summed E-state index contributed by atoms with van der Waals surface area (Å²) in [6.07, 6.45) is 0. The molecule has 0 aromatic rings. The van der Waals surface area contributed by atoms with E-state index in [1.165, 1.54) is 0 Å². The molecular weight excluding hydrogens is 187 g/mol. The molecule has 0 aromatic heterocycles. The molecule has 0 N–H and O–H groups in total. The van der Waals surface area contributed by atoms with Gasteiger partial charge in [-0.05, 0) is 0 Å². The van der Waals surface area contributed by atoms with Crippen molar-refractivity contribution in [1.82, 2.24) is 0 Å². The van der Waals surface area contributed by atoms with Gasteiger partial charge in [0.15, 0.2) is 0 Å². The summed E-state index contributed by atoms with van der Waals surface area (Å²) in [5.41, 5.74) is 0. The number of hydrogen-bond donors (Lipinski definition) is 0. The molecule has 0 radical (unpaired) electrons. The SMILES string of the molecule is F.F.F.[O]=[Tc]=[O]. The van der Waals surface area contributed by atoms with Crippen molar-refractivity contribution in [2.45, 2.75) is 0 Å². The second kappa shape index (κ2) is 76.1. The minimum atomic E-state index is -1.91. The normalized spacial score (nSPS) is 2.00. The van der Waals surface area contributed by atoms with Crippen molar-refractivity contribution in [3.8, 4) is 0 Å². The molecule has 0 heterocycles. The molecule has 0 fully saturated rings. The van der Waals surface area contributed by atoms with Crippen LogP contribution in [0.15, 0.2) is 0 Å². The fourth-order valence-corrected chi connectivity index (χ4v) is 0. The van der Waals surface area contributed by atoms with Crippen LogP contribution in [0.25, 0.3) is 0 Å². The number of halogens is 3. The van der Waals surface area contributed by atoms with Crippen LogP contribution >= 0.6 is 0 Å². The van der Waals surface area contributed by atoms with E-state index in [1.807, 2.05) is 0 Å². The zero-order valence-corrected chi connectivity index (χ0v) is 4.28. The van der Waals surface area contributed by atoms with Gasteiger partial charge in [0.25, 0.3) is 0 Å². The molecule has 0 spiro atoms. The van der Waals surface area contributed by atoms with Gasteiger partial charge in [0.1, 0.15) is 0 Å². The van der Waals surface area contributed by atoms with Crippen LogP contribution in [-0.4, -0.2) is 0 Å². The van der Waals surface area contributed by atoms with Crippen molar-refractivity contribution in [2.24, 2.45) is 0 Å². The van der Waals surface area contributed by atoms with E-state index in [9.17, 15) is 0 Å². The van der Waals surface area contributed by atoms with E-state index in [4.69, 9.17) is 7.01 Å². The fraction of sp³-hybridized carbons (Fsp3) is 0. The molecule has 0 atom stereocenters. The molecule has 0 saturated heterocycles. The van der Waals surface area contributed by atoms with Gasteiger partial charge >= 0.3 is 24.6 Å². The molecule has 43 valence electrons. The predicted octanol–water partition coefficient (Wildman–Crippen LogP) is 0.217. The van der Waals surface area contributed by atoms with Crippen LogP contribution in [0.4, 0.5) is 14.1 Å². The standard InChI is InChI=1S/3FH.2O.Tc/h3*1H;;;. The van der Waals surface area contributed by atoms with Gasteiger partial charge in [0.2, 0.25) is 0 Å². The molecule has 0 unspecified atom stereocenters. The van der Waals surface area contributed by atoms with E-state index < -0.39 is 17.6 Å². The Labute approximate surface area is 39.6 Å². The number of rotatable bonds is 0. The second-order valence-corrected chi connectivity index (χ2v) is 0.373. The van der Waals surface area contributed by atoms with Crippen molar-refractivity contribution < 1.29 is 38.7 Å². The summed E-state index contributed by atoms with van der Waals surface area (Å²) in [5, 5.41) is 0. The average molecular weight is 190 g/mol. The summed E-state index contributed by atoms with van der Waals surface area (Å²) in [6, 6.07) is 0. The Morgan fingerprint density at radius 1 is 0.833 bits per heavy atom. The first-order chi connectivity index (χ1) is 1.41. The van der Waals surface area contributed by atoms with Gasteiger partial charge in [-0.2, -0.15) is 0 Å². The van der Waals surface area contributed by atoms with Crippen molar-refractivity contribution >= 4 is 0 Å². The molecule has 0 saturated carbocycles. The Bertz CT molecular complexity index is 29.8. The van der Waals surface area contributed by atoms with Gasteiger partial charge in [0, 0.05) is 0 Å². The molecule has 0 amide bonds. The Hall–Kier alpha value is 0.0394. The van der Waals surface area contributed by atoms with Gasteiger partial charge in [0.05, 0.1) is 0 Å². The number of hydrogen-bond acceptors (Lipinski definition) is 2. The maximum absolute atomic E-state index is 8.48. The summed E-state index contributed by atoms with van der Waals surface area (Å²) in [5.74, 6) is 0. The second-order valence-electron chi connectivity index (χ2n) is 0.0630. The molecular formula is H3F3O2Tc. The molecule has 2 nitrogen and oxygen atoms in total. The van der Waals surface area contributed by atoms with Crippen LogP contribution < -0.4 is 0 Å². The van der Waals surface area contributed by atoms with Crippen LogP contribution in [0.3, 0.4) is 0 Å². The van der Waals surface area contributed by atoms with Crippen LogP contribution in [0.2, 0.25) is 0 Å². The predicted molar refractivity (Wildman–Crippen MR) is 8.88 cm³/mol. The molecule has 0 aliphatic heterocycles. The maximum atomic E-state index is 8.48. The molecule has 6 heteroatoms. The Kier molecular flexibility index (Phi) is 468. The third-order valence-corrected chi connectivity index (χ3v) is 0. The summed E-state index contributed by atoms with van der Waals surface area (Å²) in [7, 11) is 0. The Morgan fingerprint density at radius 2 is 0.833 bits per heavy atom. The van der Waals surface area contributed by atoms with E-state index in [2.05, 4.69) is 0 Å². The van der Waals surface area contributed by atoms with E-state index in [0.29, 0.717) is 0 Å². The van der Waals surface area contributed by atoms with Crippen molar-refractivity contribution in [2.75, 3.05) is 0 Å². The fourth-order valence-electron chi connectivity index (χ4n) is 0. The van der Waals surface area contributed by atoms with Crippen LogP contribution in [0.5, 0.6) is 0 Å². The van der Waals surface area contributed by atoms with Gasteiger partial charge in [-0.3, -0.25) is 14.1 Å². The molecule has 0 aliphatic carbocycles. The Balaban J connectivity index is -0.00000000667. The van der Waals surface area contributed by atoms with Gasteiger partial charge in [-0.25, -0.2) is 0 Å². The third-order valence-electron chi connectivity index (χ3n) is 0. The first-order valence-corrected chi connectivity index (χ1v) is 1.83. The molecule has 0 aromatic carbocycles. The van der Waals surface area contributed by atoms with Crippen molar-refractivity contribution in [3.63, 3.8) is 0 Å². The average Bonchev–Trinajstić information content (AvgIpc) is 0.918. The minimum absolute atomic E-state index is 0. The Morgan fingerprint density at radius 3 is 0.833 bits per heavy atom. The summed E-state index contributed by atoms with van der Waals surface area (Å²) in [4.78, 5) is 0.